The molecule has 0 saturated heterocycles. The van der Waals surface area contributed by atoms with E-state index in [2.05, 4.69) is 10.3 Å². The second-order valence-corrected chi connectivity index (χ2v) is 7.07. The van der Waals surface area contributed by atoms with Crippen molar-refractivity contribution in [3.8, 4) is 0 Å². The smallest absolute Gasteiger partial charge is 0.152 e. The minimum atomic E-state index is -2.96. The lowest BCUT2D eigenvalue weighted by Gasteiger charge is -2.20. The van der Waals surface area contributed by atoms with E-state index in [4.69, 9.17) is 0 Å². The quantitative estimate of drug-likeness (QED) is 0.893. The summed E-state index contributed by atoms with van der Waals surface area (Å²) in [5.74, 6) is 0. The van der Waals surface area contributed by atoms with Gasteiger partial charge in [-0.2, -0.15) is 0 Å². The molecule has 1 fully saturated rings. The summed E-state index contributed by atoms with van der Waals surface area (Å²) in [5, 5.41) is 3.04. The van der Waals surface area contributed by atoms with Gasteiger partial charge in [0.2, 0.25) is 0 Å². The number of anilines is 1. The summed E-state index contributed by atoms with van der Waals surface area (Å²) in [6.07, 6.45) is 7.49. The van der Waals surface area contributed by atoms with Crippen molar-refractivity contribution in [3.05, 3.63) is 24.0 Å². The van der Waals surface area contributed by atoms with Crippen LogP contribution in [-0.2, 0) is 9.84 Å². The first kappa shape index (κ1) is 12.4. The Morgan fingerprint density at radius 2 is 2.12 bits per heavy atom. The van der Waals surface area contributed by atoms with Crippen LogP contribution in [0.2, 0.25) is 0 Å². The van der Waals surface area contributed by atoms with Gasteiger partial charge >= 0.3 is 0 Å². The van der Waals surface area contributed by atoms with Crippen LogP contribution in [0.4, 0.5) is 5.69 Å². The van der Waals surface area contributed by atoms with Gasteiger partial charge in [0.15, 0.2) is 9.84 Å². The number of hydrogen-bond acceptors (Lipinski definition) is 4. The molecular formula is C12H18N2O2S. The number of sulfone groups is 1. The van der Waals surface area contributed by atoms with Crippen molar-refractivity contribution in [3.63, 3.8) is 0 Å². The number of pyridine rings is 1. The molecule has 0 radical (unpaired) electrons. The van der Waals surface area contributed by atoms with Crippen molar-refractivity contribution < 1.29 is 8.42 Å². The molecule has 1 aliphatic rings. The Morgan fingerprint density at radius 3 is 2.76 bits per heavy atom. The van der Waals surface area contributed by atoms with E-state index in [9.17, 15) is 8.42 Å². The number of nitrogens with one attached hydrogen (secondary N) is 1. The van der Waals surface area contributed by atoms with Gasteiger partial charge in [0.25, 0.3) is 0 Å². The van der Waals surface area contributed by atoms with E-state index in [0.29, 0.717) is 0 Å². The van der Waals surface area contributed by atoms with Crippen LogP contribution < -0.4 is 5.32 Å². The van der Waals surface area contributed by atoms with E-state index in [1.807, 2.05) is 13.0 Å². The fraction of sp³-hybridized carbons (Fsp3) is 0.583. The molecule has 1 saturated carbocycles. The van der Waals surface area contributed by atoms with E-state index < -0.39 is 9.84 Å². The van der Waals surface area contributed by atoms with Gasteiger partial charge in [-0.25, -0.2) is 8.42 Å². The third kappa shape index (κ3) is 2.97. The summed E-state index contributed by atoms with van der Waals surface area (Å²) < 4.78 is 23.3. The second-order valence-electron chi connectivity index (χ2n) is 4.80. The molecule has 1 aromatic heterocycles. The number of hydrogen-bond donors (Lipinski definition) is 1. The third-order valence-electron chi connectivity index (χ3n) is 3.23. The first-order chi connectivity index (χ1) is 7.97. The summed E-state index contributed by atoms with van der Waals surface area (Å²) in [6.45, 7) is 1.97. The van der Waals surface area contributed by atoms with Gasteiger partial charge in [-0.05, 0) is 37.8 Å². The van der Waals surface area contributed by atoms with Gasteiger partial charge in [0, 0.05) is 24.7 Å². The highest BCUT2D eigenvalue weighted by Gasteiger charge is 2.34. The average molecular weight is 254 g/mol. The lowest BCUT2D eigenvalue weighted by Crippen LogP contribution is -2.34. The standard InChI is InChI=1S/C12H18N2O2S/c1-9-6-10(8-13-7-9)14-11-4-3-5-12(11)17(2,15)16/h6-8,11-12,14H,3-5H2,1-2H3. The molecule has 4 nitrogen and oxygen atoms in total. The fourth-order valence-corrected chi connectivity index (χ4v) is 3.85. The van der Waals surface area contributed by atoms with Crippen LogP contribution in [0.25, 0.3) is 0 Å². The van der Waals surface area contributed by atoms with E-state index >= 15 is 0 Å². The Morgan fingerprint density at radius 1 is 1.35 bits per heavy atom. The predicted octanol–water partition coefficient (Wildman–Crippen LogP) is 1.77. The molecule has 1 heterocycles. The molecule has 94 valence electrons. The van der Waals surface area contributed by atoms with Crippen molar-refractivity contribution in [2.45, 2.75) is 37.5 Å². The van der Waals surface area contributed by atoms with Crippen LogP contribution in [0.5, 0.6) is 0 Å². The molecule has 0 aliphatic heterocycles. The maximum atomic E-state index is 11.6. The van der Waals surface area contributed by atoms with Gasteiger partial charge in [-0.1, -0.05) is 0 Å². The highest BCUT2D eigenvalue weighted by atomic mass is 32.2. The number of rotatable bonds is 3. The van der Waals surface area contributed by atoms with Crippen LogP contribution in [0, 0.1) is 6.92 Å². The lowest BCUT2D eigenvalue weighted by molar-refractivity contribution is 0.579. The summed E-state index contributed by atoms with van der Waals surface area (Å²) in [5.41, 5.74) is 1.98. The molecule has 2 rings (SSSR count). The van der Waals surface area contributed by atoms with E-state index in [1.54, 1.807) is 12.4 Å². The molecule has 1 aliphatic carbocycles. The van der Waals surface area contributed by atoms with Crippen molar-refractivity contribution in [2.75, 3.05) is 11.6 Å². The molecule has 1 aromatic rings. The Bertz CT molecular complexity index is 499. The fourth-order valence-electron chi connectivity index (χ4n) is 2.45. The van der Waals surface area contributed by atoms with Crippen LogP contribution in [0.3, 0.4) is 0 Å². The molecule has 17 heavy (non-hydrogen) atoms. The van der Waals surface area contributed by atoms with Gasteiger partial charge in [-0.3, -0.25) is 4.98 Å². The van der Waals surface area contributed by atoms with Crippen LogP contribution in [0.1, 0.15) is 24.8 Å². The Kier molecular flexibility index (Phi) is 3.38. The maximum Gasteiger partial charge on any atom is 0.152 e. The molecule has 0 aromatic carbocycles. The van der Waals surface area contributed by atoms with Crippen molar-refractivity contribution >= 4 is 15.5 Å². The van der Waals surface area contributed by atoms with E-state index in [1.165, 1.54) is 6.26 Å². The molecular weight excluding hydrogens is 236 g/mol. The van der Waals surface area contributed by atoms with E-state index in [-0.39, 0.29) is 11.3 Å². The largest absolute Gasteiger partial charge is 0.380 e. The Hall–Kier alpha value is -1.10. The Labute approximate surface area is 102 Å². The highest BCUT2D eigenvalue weighted by Crippen LogP contribution is 2.27. The Balaban J connectivity index is 2.13. The number of nitrogens with zero attached hydrogens (tertiary/aromatic N) is 1. The number of aromatic nitrogens is 1. The van der Waals surface area contributed by atoms with Crippen molar-refractivity contribution in [2.24, 2.45) is 0 Å². The first-order valence-corrected chi connectivity index (χ1v) is 7.79. The number of aryl methyl sites for hydroxylation is 1. The van der Waals surface area contributed by atoms with Crippen LogP contribution in [-0.4, -0.2) is 30.9 Å². The molecule has 2 atom stereocenters. The summed E-state index contributed by atoms with van der Waals surface area (Å²) >= 11 is 0. The minimum absolute atomic E-state index is 0.0219. The SMILES string of the molecule is Cc1cncc(NC2CCCC2S(C)(=O)=O)c1. The van der Waals surface area contributed by atoms with Crippen molar-refractivity contribution in [1.29, 1.82) is 0 Å². The lowest BCUT2D eigenvalue weighted by atomic mass is 10.2. The van der Waals surface area contributed by atoms with E-state index in [0.717, 1.165) is 30.5 Å². The summed E-state index contributed by atoms with van der Waals surface area (Å²) in [7, 11) is -2.96. The zero-order chi connectivity index (χ0) is 12.5. The monoisotopic (exact) mass is 254 g/mol. The zero-order valence-electron chi connectivity index (χ0n) is 10.2. The average Bonchev–Trinajstić information content (AvgIpc) is 2.65. The minimum Gasteiger partial charge on any atom is -0.380 e. The van der Waals surface area contributed by atoms with Gasteiger partial charge < -0.3 is 5.32 Å². The van der Waals surface area contributed by atoms with Gasteiger partial charge in [0.1, 0.15) is 0 Å². The first-order valence-electron chi connectivity index (χ1n) is 5.84. The molecule has 0 bridgehead atoms. The van der Waals surface area contributed by atoms with Crippen LogP contribution >= 0.6 is 0 Å². The second kappa shape index (κ2) is 4.64. The summed E-state index contributed by atoms with van der Waals surface area (Å²) in [4.78, 5) is 4.10. The molecule has 0 amide bonds. The predicted molar refractivity (Wildman–Crippen MR) is 68.9 cm³/mol. The third-order valence-corrected chi connectivity index (χ3v) is 4.89. The molecule has 1 N–H and O–H groups in total. The zero-order valence-corrected chi connectivity index (χ0v) is 11.0. The highest BCUT2D eigenvalue weighted by molar-refractivity contribution is 7.91. The maximum absolute atomic E-state index is 11.6. The normalized spacial score (nSPS) is 24.8. The molecule has 5 heteroatoms. The van der Waals surface area contributed by atoms with Gasteiger partial charge in [-0.15, -0.1) is 0 Å². The molecule has 0 spiro atoms. The molecule has 2 unspecified atom stereocenters. The summed E-state index contributed by atoms with van der Waals surface area (Å²) in [6, 6.07) is 2.01. The van der Waals surface area contributed by atoms with Gasteiger partial charge in [0.05, 0.1) is 10.9 Å². The van der Waals surface area contributed by atoms with Crippen LogP contribution in [0.15, 0.2) is 18.5 Å². The topological polar surface area (TPSA) is 59.1 Å². The van der Waals surface area contributed by atoms with Crippen molar-refractivity contribution in [1.82, 2.24) is 4.98 Å².